The van der Waals surface area contributed by atoms with Gasteiger partial charge < -0.3 is 0 Å². The van der Waals surface area contributed by atoms with Gasteiger partial charge in [-0.3, -0.25) is 9.48 Å². The fourth-order valence-electron chi connectivity index (χ4n) is 3.00. The molecule has 0 N–H and O–H groups in total. The molecule has 2 heterocycles. The second-order valence-corrected chi connectivity index (χ2v) is 7.69. The number of nitriles is 1. The Morgan fingerprint density at radius 1 is 1.14 bits per heavy atom. The Kier molecular flexibility index (Phi) is 7.52. The predicted molar refractivity (Wildman–Crippen MR) is 93.9 cm³/mol. The van der Waals surface area contributed by atoms with Gasteiger partial charge in [0.15, 0.2) is 0 Å². The molecule has 0 spiro atoms. The number of piperidine rings is 2. The molecule has 2 saturated heterocycles. The van der Waals surface area contributed by atoms with Crippen molar-refractivity contribution in [1.82, 2.24) is 4.90 Å². The molecule has 0 aromatic heterocycles. The first-order valence-electron chi connectivity index (χ1n) is 7.97. The van der Waals surface area contributed by atoms with Crippen LogP contribution in [0.2, 0.25) is 0 Å². The van der Waals surface area contributed by atoms with E-state index in [9.17, 15) is 0 Å². The lowest BCUT2D eigenvalue weighted by molar-refractivity contribution is -0.541. The molecule has 21 heavy (non-hydrogen) atoms. The number of likely N-dealkylation sites (tertiary alicyclic amines) is 1. The van der Waals surface area contributed by atoms with Crippen molar-refractivity contribution in [3.05, 3.63) is 10.3 Å². The van der Waals surface area contributed by atoms with Gasteiger partial charge in [0.1, 0.15) is 0 Å². The van der Waals surface area contributed by atoms with E-state index < -0.39 is 0 Å². The number of hydrogen-bond donors (Lipinski definition) is 0. The highest BCUT2D eigenvalue weighted by Crippen LogP contribution is 2.26. The lowest BCUT2D eigenvalue weighted by atomic mass is 10.1. The van der Waals surface area contributed by atoms with Crippen molar-refractivity contribution in [2.75, 3.05) is 38.2 Å². The van der Waals surface area contributed by atoms with Crippen LogP contribution in [-0.2, 0) is 0 Å². The summed E-state index contributed by atoms with van der Waals surface area (Å²) in [5.74, 6) is 1.95. The first kappa shape index (κ1) is 16.8. The normalized spacial score (nSPS) is 20.3. The molecule has 5 heteroatoms. The maximum absolute atomic E-state index is 8.81. The van der Waals surface area contributed by atoms with Crippen LogP contribution in [0.5, 0.6) is 0 Å². The van der Waals surface area contributed by atoms with Crippen molar-refractivity contribution < 1.29 is 4.58 Å². The third kappa shape index (κ3) is 5.27. The lowest BCUT2D eigenvalue weighted by Gasteiger charge is -2.26. The molecule has 2 aliphatic heterocycles. The van der Waals surface area contributed by atoms with E-state index in [2.05, 4.69) is 27.9 Å². The summed E-state index contributed by atoms with van der Waals surface area (Å²) in [6.45, 7) is 4.75. The summed E-state index contributed by atoms with van der Waals surface area (Å²) in [5.41, 5.74) is 0. The second-order valence-electron chi connectivity index (χ2n) is 5.57. The van der Waals surface area contributed by atoms with Crippen molar-refractivity contribution in [3.8, 4) is 6.07 Å². The first-order chi connectivity index (χ1) is 10.3. The van der Waals surface area contributed by atoms with Gasteiger partial charge in [-0.05, 0) is 44.8 Å². The van der Waals surface area contributed by atoms with Crippen molar-refractivity contribution in [2.45, 2.75) is 38.5 Å². The minimum atomic E-state index is 0.542. The van der Waals surface area contributed by atoms with Gasteiger partial charge in [0.05, 0.1) is 38.0 Å². The monoisotopic (exact) mass is 324 g/mol. The zero-order valence-corrected chi connectivity index (χ0v) is 14.6. The molecule has 0 aromatic rings. The highest BCUT2D eigenvalue weighted by atomic mass is 32.2. The van der Waals surface area contributed by atoms with Gasteiger partial charge in [-0.1, -0.05) is 0 Å². The molecule has 116 valence electrons. The van der Waals surface area contributed by atoms with Gasteiger partial charge >= 0.3 is 0 Å². The predicted octanol–water partition coefficient (Wildman–Crippen LogP) is 3.53. The zero-order chi connectivity index (χ0) is 14.9. The van der Waals surface area contributed by atoms with Crippen LogP contribution in [0.1, 0.15) is 38.5 Å². The van der Waals surface area contributed by atoms with Gasteiger partial charge in [-0.2, -0.15) is 5.26 Å². The van der Waals surface area contributed by atoms with E-state index >= 15 is 0 Å². The topological polar surface area (TPSA) is 30.0 Å². The Morgan fingerprint density at radius 3 is 2.43 bits per heavy atom. The summed E-state index contributed by atoms with van der Waals surface area (Å²) in [4.78, 5) is 2.57. The third-order valence-electron chi connectivity index (χ3n) is 4.09. The summed E-state index contributed by atoms with van der Waals surface area (Å²) in [6.07, 6.45) is 12.4. The molecule has 3 nitrogen and oxygen atoms in total. The largest absolute Gasteiger partial charge is 0.273 e. The van der Waals surface area contributed by atoms with Gasteiger partial charge in [0.2, 0.25) is 0 Å². The standard InChI is InChI=1S/C16H26N3S2/c1-20-16(21-13-8-17)14-15(18-9-4-2-5-10-18)19-11-6-3-7-12-19/h14H,2-7,9-13H2,1H3/q+1/b16-14+. The van der Waals surface area contributed by atoms with Crippen molar-refractivity contribution in [2.24, 2.45) is 0 Å². The molecule has 0 radical (unpaired) electrons. The van der Waals surface area contributed by atoms with Crippen LogP contribution >= 0.6 is 23.5 Å². The number of amidine groups is 1. The Hall–Kier alpha value is -0.600. The fraction of sp³-hybridized carbons (Fsp3) is 0.750. The average Bonchev–Trinajstić information content (AvgIpc) is 2.57. The van der Waals surface area contributed by atoms with Crippen LogP contribution in [0.15, 0.2) is 10.3 Å². The minimum Gasteiger partial charge on any atom is -0.262 e. The molecule has 0 atom stereocenters. The van der Waals surface area contributed by atoms with E-state index in [1.807, 2.05) is 0 Å². The number of rotatable bonds is 4. The summed E-state index contributed by atoms with van der Waals surface area (Å²) in [7, 11) is 0. The minimum absolute atomic E-state index is 0.542. The van der Waals surface area contributed by atoms with E-state index in [1.54, 1.807) is 23.5 Å². The maximum atomic E-state index is 8.81. The van der Waals surface area contributed by atoms with Crippen LogP contribution in [0.25, 0.3) is 0 Å². The maximum Gasteiger partial charge on any atom is 0.273 e. The SMILES string of the molecule is CS/C(=C\C(N1CCCCC1)=[N+]1CCCCC1)SCC#N. The third-order valence-corrected chi connectivity index (χ3v) is 6.14. The van der Waals surface area contributed by atoms with Crippen molar-refractivity contribution in [1.29, 1.82) is 5.26 Å². The van der Waals surface area contributed by atoms with E-state index in [0.717, 1.165) is 0 Å². The molecular weight excluding hydrogens is 298 g/mol. The lowest BCUT2D eigenvalue weighted by Crippen LogP contribution is -2.42. The molecule has 0 amide bonds. The highest BCUT2D eigenvalue weighted by Gasteiger charge is 2.25. The first-order valence-corrected chi connectivity index (χ1v) is 10.2. The highest BCUT2D eigenvalue weighted by molar-refractivity contribution is 8.22. The quantitative estimate of drug-likeness (QED) is 0.584. The molecule has 0 unspecified atom stereocenters. The average molecular weight is 325 g/mol. The smallest absolute Gasteiger partial charge is 0.262 e. The molecule has 2 rings (SSSR count). The molecule has 2 fully saturated rings. The fourth-order valence-corrected chi connectivity index (χ4v) is 4.26. The Labute approximate surface area is 137 Å². The van der Waals surface area contributed by atoms with E-state index in [-0.39, 0.29) is 0 Å². The Morgan fingerprint density at radius 2 is 1.81 bits per heavy atom. The number of hydrogen-bond acceptors (Lipinski definition) is 3. The van der Waals surface area contributed by atoms with Gasteiger partial charge in [-0.25, -0.2) is 0 Å². The van der Waals surface area contributed by atoms with Crippen molar-refractivity contribution >= 4 is 29.4 Å². The second kappa shape index (κ2) is 9.42. The summed E-state index contributed by atoms with van der Waals surface area (Å²) < 4.78 is 3.83. The van der Waals surface area contributed by atoms with E-state index in [0.29, 0.717) is 5.75 Å². The van der Waals surface area contributed by atoms with Gasteiger partial charge in [0, 0.05) is 10.3 Å². The Balaban J connectivity index is 2.21. The van der Waals surface area contributed by atoms with Crippen LogP contribution in [0.3, 0.4) is 0 Å². The summed E-state index contributed by atoms with van der Waals surface area (Å²) in [6, 6.07) is 2.24. The molecule has 2 aliphatic rings. The number of thioether (sulfide) groups is 2. The summed E-state index contributed by atoms with van der Waals surface area (Å²) >= 11 is 3.43. The van der Waals surface area contributed by atoms with E-state index in [1.165, 1.54) is 74.8 Å². The van der Waals surface area contributed by atoms with Gasteiger partial charge in [0.25, 0.3) is 5.84 Å². The van der Waals surface area contributed by atoms with Crippen LogP contribution in [0, 0.1) is 11.3 Å². The van der Waals surface area contributed by atoms with Crippen LogP contribution < -0.4 is 0 Å². The van der Waals surface area contributed by atoms with Gasteiger partial charge in [-0.15, -0.1) is 23.5 Å². The zero-order valence-electron chi connectivity index (χ0n) is 13.0. The molecule has 0 aliphatic carbocycles. The van der Waals surface area contributed by atoms with Crippen LogP contribution in [-0.4, -0.2) is 53.5 Å². The molecule has 0 aromatic carbocycles. The summed E-state index contributed by atoms with van der Waals surface area (Å²) in [5, 5.41) is 8.81. The molecule has 0 saturated carbocycles. The van der Waals surface area contributed by atoms with E-state index in [4.69, 9.17) is 5.26 Å². The molecular formula is C16H26N3S2+. The van der Waals surface area contributed by atoms with Crippen molar-refractivity contribution in [3.63, 3.8) is 0 Å². The molecule has 0 bridgehead atoms. The van der Waals surface area contributed by atoms with Crippen LogP contribution in [0.4, 0.5) is 0 Å². The number of nitrogens with zero attached hydrogens (tertiary/aromatic N) is 3. The Bertz CT molecular complexity index is 423.